The molecule has 2 heterocycles. The Balaban J connectivity index is 1.74. The topological polar surface area (TPSA) is 80.3 Å². The monoisotopic (exact) mass is 297 g/mol. The molecule has 3 aromatic rings. The van der Waals surface area contributed by atoms with E-state index in [9.17, 15) is 9.90 Å². The Hall–Kier alpha value is -2.86. The standard InChI is InChI=1S/C16H15N3O3/c20-11-14(15-7-4-8-22-15)18-16(21)12-9-17-19(10-12)13-5-2-1-3-6-13/h1-10,14,20H,11H2,(H,18,21). The average Bonchev–Trinajstić information content (AvgIpc) is 3.24. The van der Waals surface area contributed by atoms with E-state index in [1.165, 1.54) is 12.5 Å². The van der Waals surface area contributed by atoms with Crippen LogP contribution in [-0.2, 0) is 0 Å². The average molecular weight is 297 g/mol. The summed E-state index contributed by atoms with van der Waals surface area (Å²) in [6.07, 6.45) is 4.62. The first-order chi connectivity index (χ1) is 10.8. The molecule has 6 nitrogen and oxygen atoms in total. The lowest BCUT2D eigenvalue weighted by molar-refractivity contribution is 0.0907. The first-order valence-corrected chi connectivity index (χ1v) is 6.83. The maximum atomic E-state index is 12.2. The number of nitrogens with one attached hydrogen (secondary N) is 1. The number of furan rings is 1. The predicted octanol–water partition coefficient (Wildman–Crippen LogP) is 1.93. The van der Waals surface area contributed by atoms with Crippen LogP contribution < -0.4 is 5.32 Å². The van der Waals surface area contributed by atoms with Crippen molar-refractivity contribution in [2.24, 2.45) is 0 Å². The van der Waals surface area contributed by atoms with Gasteiger partial charge in [0.1, 0.15) is 11.8 Å². The highest BCUT2D eigenvalue weighted by atomic mass is 16.3. The van der Waals surface area contributed by atoms with Crippen LogP contribution in [-0.4, -0.2) is 27.4 Å². The number of aliphatic hydroxyl groups excluding tert-OH is 1. The van der Waals surface area contributed by atoms with Gasteiger partial charge in [0.25, 0.3) is 5.91 Å². The number of aromatic nitrogens is 2. The van der Waals surface area contributed by atoms with E-state index in [2.05, 4.69) is 10.4 Å². The number of aliphatic hydroxyl groups is 1. The number of benzene rings is 1. The van der Waals surface area contributed by atoms with Gasteiger partial charge in [-0.25, -0.2) is 4.68 Å². The first-order valence-electron chi connectivity index (χ1n) is 6.83. The second kappa shape index (κ2) is 6.28. The van der Waals surface area contributed by atoms with Gasteiger partial charge in [0.05, 0.1) is 30.3 Å². The van der Waals surface area contributed by atoms with Crippen LogP contribution in [0.25, 0.3) is 5.69 Å². The van der Waals surface area contributed by atoms with E-state index in [4.69, 9.17) is 4.42 Å². The summed E-state index contributed by atoms with van der Waals surface area (Å²) < 4.78 is 6.82. The summed E-state index contributed by atoms with van der Waals surface area (Å²) in [5, 5.41) is 16.3. The highest BCUT2D eigenvalue weighted by molar-refractivity contribution is 5.94. The van der Waals surface area contributed by atoms with Gasteiger partial charge in [0.2, 0.25) is 0 Å². The molecule has 1 amide bonds. The number of nitrogens with zero attached hydrogens (tertiary/aromatic N) is 2. The zero-order valence-corrected chi connectivity index (χ0v) is 11.7. The summed E-state index contributed by atoms with van der Waals surface area (Å²) in [5.41, 5.74) is 1.28. The van der Waals surface area contributed by atoms with Crippen LogP contribution in [0.15, 0.2) is 65.5 Å². The maximum Gasteiger partial charge on any atom is 0.255 e. The van der Waals surface area contributed by atoms with Gasteiger partial charge in [0, 0.05) is 6.20 Å². The zero-order chi connectivity index (χ0) is 15.4. The fourth-order valence-electron chi connectivity index (χ4n) is 2.10. The van der Waals surface area contributed by atoms with E-state index in [0.717, 1.165) is 5.69 Å². The van der Waals surface area contributed by atoms with Crippen LogP contribution in [0.5, 0.6) is 0 Å². The number of carbonyl (C=O) groups is 1. The fourth-order valence-corrected chi connectivity index (χ4v) is 2.10. The Kier molecular flexibility index (Phi) is 4.02. The van der Waals surface area contributed by atoms with Crippen molar-refractivity contribution in [1.29, 1.82) is 0 Å². The Bertz CT molecular complexity index is 735. The van der Waals surface area contributed by atoms with Crippen LogP contribution in [0, 0.1) is 0 Å². The molecule has 112 valence electrons. The molecule has 2 aromatic heterocycles. The smallest absolute Gasteiger partial charge is 0.255 e. The Labute approximate surface area is 127 Å². The number of hydrogen-bond donors (Lipinski definition) is 2. The van der Waals surface area contributed by atoms with E-state index in [1.54, 1.807) is 23.0 Å². The molecule has 0 radical (unpaired) electrons. The van der Waals surface area contributed by atoms with Gasteiger partial charge in [-0.2, -0.15) is 5.10 Å². The van der Waals surface area contributed by atoms with Gasteiger partial charge in [-0.05, 0) is 24.3 Å². The minimum atomic E-state index is -0.581. The largest absolute Gasteiger partial charge is 0.467 e. The molecule has 0 saturated carbocycles. The second-order valence-electron chi connectivity index (χ2n) is 4.73. The lowest BCUT2D eigenvalue weighted by Crippen LogP contribution is -2.30. The van der Waals surface area contributed by atoms with Gasteiger partial charge < -0.3 is 14.8 Å². The van der Waals surface area contributed by atoms with Crippen LogP contribution >= 0.6 is 0 Å². The fraction of sp³-hybridized carbons (Fsp3) is 0.125. The van der Waals surface area contributed by atoms with Crippen LogP contribution in [0.2, 0.25) is 0 Å². The van der Waals surface area contributed by atoms with Crippen molar-refractivity contribution in [2.45, 2.75) is 6.04 Å². The molecule has 6 heteroatoms. The van der Waals surface area contributed by atoms with Crippen molar-refractivity contribution in [1.82, 2.24) is 15.1 Å². The van der Waals surface area contributed by atoms with Gasteiger partial charge in [-0.15, -0.1) is 0 Å². The summed E-state index contributed by atoms with van der Waals surface area (Å²) >= 11 is 0. The number of rotatable bonds is 5. The predicted molar refractivity (Wildman–Crippen MR) is 79.6 cm³/mol. The Morgan fingerprint density at radius 3 is 2.77 bits per heavy atom. The van der Waals surface area contributed by atoms with Gasteiger partial charge in [0.15, 0.2) is 0 Å². The molecular formula is C16H15N3O3. The van der Waals surface area contributed by atoms with E-state index in [1.807, 2.05) is 30.3 Å². The van der Waals surface area contributed by atoms with Gasteiger partial charge in [-0.3, -0.25) is 4.79 Å². The van der Waals surface area contributed by atoms with Gasteiger partial charge >= 0.3 is 0 Å². The first kappa shape index (κ1) is 14.1. The summed E-state index contributed by atoms with van der Waals surface area (Å²) in [6.45, 7) is -0.244. The number of amides is 1. The van der Waals surface area contributed by atoms with Crippen LogP contribution in [0.4, 0.5) is 0 Å². The lowest BCUT2D eigenvalue weighted by Gasteiger charge is -2.12. The molecule has 1 aromatic carbocycles. The molecule has 3 rings (SSSR count). The number of para-hydroxylation sites is 1. The quantitative estimate of drug-likeness (QED) is 0.754. The SMILES string of the molecule is O=C(NC(CO)c1ccco1)c1cnn(-c2ccccc2)c1. The van der Waals surface area contributed by atoms with Crippen molar-refractivity contribution in [3.8, 4) is 5.69 Å². The summed E-state index contributed by atoms with van der Waals surface area (Å²) in [7, 11) is 0. The highest BCUT2D eigenvalue weighted by Gasteiger charge is 2.18. The number of carbonyl (C=O) groups excluding carboxylic acids is 1. The van der Waals surface area contributed by atoms with Crippen molar-refractivity contribution in [3.63, 3.8) is 0 Å². The summed E-state index contributed by atoms with van der Waals surface area (Å²) in [4.78, 5) is 12.2. The second-order valence-corrected chi connectivity index (χ2v) is 4.73. The molecule has 0 aliphatic rings. The molecular weight excluding hydrogens is 282 g/mol. The van der Waals surface area contributed by atoms with Gasteiger partial charge in [-0.1, -0.05) is 18.2 Å². The molecule has 2 N–H and O–H groups in total. The minimum absolute atomic E-state index is 0.244. The molecule has 22 heavy (non-hydrogen) atoms. The highest BCUT2D eigenvalue weighted by Crippen LogP contribution is 2.14. The molecule has 0 aliphatic heterocycles. The molecule has 1 atom stereocenters. The summed E-state index contributed by atoms with van der Waals surface area (Å²) in [6, 6.07) is 12.3. The Morgan fingerprint density at radius 2 is 2.09 bits per heavy atom. The van der Waals surface area contributed by atoms with Crippen molar-refractivity contribution in [3.05, 3.63) is 72.4 Å². The van der Waals surface area contributed by atoms with E-state index >= 15 is 0 Å². The normalized spacial score (nSPS) is 12.0. The Morgan fingerprint density at radius 1 is 1.27 bits per heavy atom. The zero-order valence-electron chi connectivity index (χ0n) is 11.7. The van der Waals surface area contributed by atoms with Crippen molar-refractivity contribution < 1.29 is 14.3 Å². The third-order valence-corrected chi connectivity index (χ3v) is 3.24. The molecule has 0 fully saturated rings. The van der Waals surface area contributed by atoms with Crippen LogP contribution in [0.3, 0.4) is 0 Å². The number of hydrogen-bond acceptors (Lipinski definition) is 4. The summed E-state index contributed by atoms with van der Waals surface area (Å²) in [5.74, 6) is 0.184. The van der Waals surface area contributed by atoms with Crippen molar-refractivity contribution >= 4 is 5.91 Å². The molecule has 0 bridgehead atoms. The minimum Gasteiger partial charge on any atom is -0.467 e. The third kappa shape index (κ3) is 2.91. The van der Waals surface area contributed by atoms with E-state index in [-0.39, 0.29) is 12.5 Å². The molecule has 1 unspecified atom stereocenters. The molecule has 0 aliphatic carbocycles. The maximum absolute atomic E-state index is 12.2. The molecule has 0 spiro atoms. The van der Waals surface area contributed by atoms with Crippen LogP contribution in [0.1, 0.15) is 22.2 Å². The molecule has 0 saturated heterocycles. The third-order valence-electron chi connectivity index (χ3n) is 3.24. The van der Waals surface area contributed by atoms with E-state index in [0.29, 0.717) is 11.3 Å². The van der Waals surface area contributed by atoms with E-state index < -0.39 is 6.04 Å². The lowest BCUT2D eigenvalue weighted by atomic mass is 10.2. The van der Waals surface area contributed by atoms with Crippen molar-refractivity contribution in [2.75, 3.05) is 6.61 Å².